The molecule has 3 aromatic rings. The number of benzene rings is 3. The van der Waals surface area contributed by atoms with Crippen LogP contribution in [0, 0.1) is 6.92 Å². The molecule has 0 bridgehead atoms. The molecule has 0 aromatic heterocycles. The molecule has 0 saturated heterocycles. The lowest BCUT2D eigenvalue weighted by Gasteiger charge is -2.27. The molecule has 0 aliphatic heterocycles. The summed E-state index contributed by atoms with van der Waals surface area (Å²) in [5.41, 5.74) is 2.28. The lowest BCUT2D eigenvalue weighted by molar-refractivity contribution is 0.580. The first kappa shape index (κ1) is 15.8. The van der Waals surface area contributed by atoms with E-state index >= 15 is 0 Å². The quantitative estimate of drug-likeness (QED) is 0.613. The molecule has 0 saturated carbocycles. The first-order valence-electron chi connectivity index (χ1n) is 7.90. The van der Waals surface area contributed by atoms with Gasteiger partial charge in [-0.2, -0.15) is 0 Å². The fourth-order valence-corrected chi connectivity index (χ4v) is 6.25. The second-order valence-corrected chi connectivity index (χ2v) is 8.99. The lowest BCUT2D eigenvalue weighted by atomic mass is 10.1. The zero-order valence-corrected chi connectivity index (χ0v) is 14.4. The Morgan fingerprint density at radius 1 is 0.696 bits per heavy atom. The van der Waals surface area contributed by atoms with Crippen LogP contribution in [0.15, 0.2) is 84.9 Å². The Labute approximate surface area is 138 Å². The van der Waals surface area contributed by atoms with Crippen molar-refractivity contribution in [1.29, 1.82) is 0 Å². The summed E-state index contributed by atoms with van der Waals surface area (Å²) >= 11 is 0. The fourth-order valence-electron chi connectivity index (χ4n) is 3.15. The van der Waals surface area contributed by atoms with Gasteiger partial charge in [-0.05, 0) is 18.1 Å². The number of aryl methyl sites for hydroxylation is 1. The van der Waals surface area contributed by atoms with E-state index in [1.165, 1.54) is 5.56 Å². The molecule has 3 rings (SSSR count). The molecule has 3 aromatic carbocycles. The molecule has 0 aliphatic carbocycles. The van der Waals surface area contributed by atoms with E-state index in [4.69, 9.17) is 0 Å². The Kier molecular flexibility index (Phi) is 4.50. The van der Waals surface area contributed by atoms with Gasteiger partial charge in [0.1, 0.15) is 7.14 Å². The van der Waals surface area contributed by atoms with Crippen LogP contribution in [0.2, 0.25) is 0 Å². The summed E-state index contributed by atoms with van der Waals surface area (Å²) in [6.07, 6.45) is 0. The molecule has 2 heteroatoms. The third-order valence-electron chi connectivity index (χ3n) is 4.46. The Balaban J connectivity index is 2.21. The number of hydrogen-bond acceptors (Lipinski definition) is 1. The third-order valence-corrected chi connectivity index (χ3v) is 7.96. The second-order valence-electron chi connectivity index (χ2n) is 5.86. The van der Waals surface area contributed by atoms with Crippen LogP contribution in [-0.4, -0.2) is 0 Å². The van der Waals surface area contributed by atoms with Crippen molar-refractivity contribution >= 4 is 17.8 Å². The minimum atomic E-state index is -2.76. The Morgan fingerprint density at radius 3 is 1.61 bits per heavy atom. The van der Waals surface area contributed by atoms with Gasteiger partial charge in [-0.15, -0.1) is 0 Å². The second kappa shape index (κ2) is 6.56. The van der Waals surface area contributed by atoms with E-state index in [2.05, 4.69) is 26.0 Å². The van der Waals surface area contributed by atoms with Crippen LogP contribution in [0.5, 0.6) is 0 Å². The molecule has 23 heavy (non-hydrogen) atoms. The summed E-state index contributed by atoms with van der Waals surface area (Å²) < 4.78 is 14.3. The average molecular weight is 320 g/mol. The molecular formula is C21H21OP. The van der Waals surface area contributed by atoms with Crippen molar-refractivity contribution in [2.24, 2.45) is 0 Å². The zero-order chi connectivity index (χ0) is 16.3. The number of hydrogen-bond donors (Lipinski definition) is 0. The van der Waals surface area contributed by atoms with Crippen molar-refractivity contribution in [2.45, 2.75) is 19.5 Å². The fraction of sp³-hybridized carbons (Fsp3) is 0.143. The van der Waals surface area contributed by atoms with Crippen LogP contribution in [0.4, 0.5) is 0 Å². The standard InChI is InChI=1S/C21H21OP/c1-17-11-9-10-16-21(17)18(2)23(22,19-12-5-3-6-13-19)20-14-7-4-8-15-20/h3-16,18H,1-2H3. The monoisotopic (exact) mass is 320 g/mol. The van der Waals surface area contributed by atoms with Gasteiger partial charge in [0.25, 0.3) is 0 Å². The first-order valence-corrected chi connectivity index (χ1v) is 9.68. The highest BCUT2D eigenvalue weighted by molar-refractivity contribution is 7.79. The van der Waals surface area contributed by atoms with Gasteiger partial charge < -0.3 is 4.57 Å². The first-order chi connectivity index (χ1) is 11.1. The van der Waals surface area contributed by atoms with Crippen LogP contribution in [0.1, 0.15) is 23.7 Å². The molecule has 0 radical (unpaired) electrons. The van der Waals surface area contributed by atoms with Crippen LogP contribution in [0.25, 0.3) is 0 Å². The molecular weight excluding hydrogens is 299 g/mol. The molecule has 1 atom stereocenters. The van der Waals surface area contributed by atoms with Crippen molar-refractivity contribution in [1.82, 2.24) is 0 Å². The van der Waals surface area contributed by atoms with Gasteiger partial charge in [0.2, 0.25) is 0 Å². The molecule has 0 N–H and O–H groups in total. The summed E-state index contributed by atoms with van der Waals surface area (Å²) in [5.74, 6) is 0. The van der Waals surface area contributed by atoms with Crippen LogP contribution in [-0.2, 0) is 4.57 Å². The maximum atomic E-state index is 14.3. The minimum Gasteiger partial charge on any atom is -0.313 e. The molecule has 1 nitrogen and oxygen atoms in total. The van der Waals surface area contributed by atoms with E-state index in [1.54, 1.807) is 0 Å². The summed E-state index contributed by atoms with van der Waals surface area (Å²) in [6, 6.07) is 28.0. The average Bonchev–Trinajstić information content (AvgIpc) is 2.62. The molecule has 0 fully saturated rings. The van der Waals surface area contributed by atoms with Crippen LogP contribution in [0.3, 0.4) is 0 Å². The van der Waals surface area contributed by atoms with Crippen molar-refractivity contribution < 1.29 is 4.57 Å². The van der Waals surface area contributed by atoms with Crippen molar-refractivity contribution in [3.63, 3.8) is 0 Å². The van der Waals surface area contributed by atoms with Gasteiger partial charge in [-0.1, -0.05) is 91.9 Å². The maximum absolute atomic E-state index is 14.3. The van der Waals surface area contributed by atoms with Gasteiger partial charge in [-0.3, -0.25) is 0 Å². The van der Waals surface area contributed by atoms with Gasteiger partial charge in [0.05, 0.1) is 0 Å². The van der Waals surface area contributed by atoms with Crippen molar-refractivity contribution in [3.8, 4) is 0 Å². The number of rotatable bonds is 4. The predicted octanol–water partition coefficient (Wildman–Crippen LogP) is 5.07. The van der Waals surface area contributed by atoms with Gasteiger partial charge >= 0.3 is 0 Å². The normalized spacial score (nSPS) is 12.8. The van der Waals surface area contributed by atoms with E-state index in [9.17, 15) is 4.57 Å². The lowest BCUT2D eigenvalue weighted by Crippen LogP contribution is -2.20. The van der Waals surface area contributed by atoms with E-state index in [1.807, 2.05) is 72.8 Å². The van der Waals surface area contributed by atoms with Crippen molar-refractivity contribution in [3.05, 3.63) is 96.1 Å². The van der Waals surface area contributed by atoms with Crippen LogP contribution >= 0.6 is 7.14 Å². The Morgan fingerprint density at radius 2 is 1.13 bits per heavy atom. The summed E-state index contributed by atoms with van der Waals surface area (Å²) in [5, 5.41) is 1.84. The van der Waals surface area contributed by atoms with Crippen molar-refractivity contribution in [2.75, 3.05) is 0 Å². The zero-order valence-electron chi connectivity index (χ0n) is 13.5. The molecule has 0 spiro atoms. The van der Waals surface area contributed by atoms with Crippen LogP contribution < -0.4 is 10.6 Å². The summed E-state index contributed by atoms with van der Waals surface area (Å²) in [7, 11) is -2.76. The smallest absolute Gasteiger partial charge is 0.150 e. The predicted molar refractivity (Wildman–Crippen MR) is 99.4 cm³/mol. The Bertz CT molecular complexity index is 781. The molecule has 0 aliphatic rings. The Hall–Kier alpha value is -2.11. The topological polar surface area (TPSA) is 17.1 Å². The van der Waals surface area contributed by atoms with Gasteiger partial charge in [0, 0.05) is 16.3 Å². The van der Waals surface area contributed by atoms with Gasteiger partial charge in [0.15, 0.2) is 0 Å². The SMILES string of the molecule is Cc1ccccc1C(C)P(=O)(c1ccccc1)c1ccccc1. The van der Waals surface area contributed by atoms with E-state index < -0.39 is 7.14 Å². The highest BCUT2D eigenvalue weighted by atomic mass is 31.2. The van der Waals surface area contributed by atoms with E-state index in [-0.39, 0.29) is 5.66 Å². The highest BCUT2D eigenvalue weighted by Gasteiger charge is 2.35. The molecule has 1 unspecified atom stereocenters. The molecule has 116 valence electrons. The van der Waals surface area contributed by atoms with E-state index in [0.717, 1.165) is 16.2 Å². The highest BCUT2D eigenvalue weighted by Crippen LogP contribution is 2.57. The summed E-state index contributed by atoms with van der Waals surface area (Å²) in [4.78, 5) is 0. The van der Waals surface area contributed by atoms with Gasteiger partial charge in [-0.25, -0.2) is 0 Å². The maximum Gasteiger partial charge on any atom is 0.150 e. The van der Waals surface area contributed by atoms with E-state index in [0.29, 0.717) is 0 Å². The minimum absolute atomic E-state index is 0.0616. The summed E-state index contributed by atoms with van der Waals surface area (Å²) in [6.45, 7) is 4.18. The molecule has 0 amide bonds. The largest absolute Gasteiger partial charge is 0.313 e. The third kappa shape index (κ3) is 2.90. The molecule has 0 heterocycles.